The van der Waals surface area contributed by atoms with Gasteiger partial charge in [0.1, 0.15) is 17.7 Å². The molecule has 1 spiro atoms. The third-order valence-electron chi connectivity index (χ3n) is 11.1. The van der Waals surface area contributed by atoms with Crippen LogP contribution < -0.4 is 15.4 Å². The molecular weight excluding hydrogens is 671 g/mol. The van der Waals surface area contributed by atoms with E-state index in [1.165, 1.54) is 39.1 Å². The molecule has 3 aliphatic rings. The van der Waals surface area contributed by atoms with E-state index in [0.29, 0.717) is 0 Å². The summed E-state index contributed by atoms with van der Waals surface area (Å²) in [5.41, 5.74) is 14.9. The molecule has 4 nitrogen and oxygen atoms in total. The average molecular weight is 710 g/mol. The second-order valence-electron chi connectivity index (χ2n) is 14.3. The monoisotopic (exact) mass is 709 g/mol. The molecule has 10 rings (SSSR count). The summed E-state index contributed by atoms with van der Waals surface area (Å²) in [5, 5.41) is 7.47. The lowest BCUT2D eigenvalue weighted by molar-refractivity contribution is 0.429. The number of rotatable bonds is 8. The number of aliphatic imine (C=N–C) groups is 1. The van der Waals surface area contributed by atoms with Gasteiger partial charge in [0.2, 0.25) is 0 Å². The standard InChI is InChI=1S/C51H39N3O/c1-3-14-35(15-4-1)33-53-50(37-17-5-2-6-18-37)54-34-36-16-11-19-38(30-36)39-20-12-21-40(31-39)41-27-28-42-43-22-13-29-52-49(43)51(46(42)32-41)44-23-7-9-25-47(44)55-48-26-10-8-24-45(48)51/h1-28,30-32,34,50,52-53H,29,33H2/b54-34+. The molecule has 7 aromatic rings. The van der Waals surface area contributed by atoms with Gasteiger partial charge in [-0.1, -0.05) is 158 Å². The number of nitrogens with zero attached hydrogens (tertiary/aromatic N) is 1. The second kappa shape index (κ2) is 13.9. The van der Waals surface area contributed by atoms with E-state index < -0.39 is 5.41 Å². The van der Waals surface area contributed by atoms with Crippen molar-refractivity contribution in [1.82, 2.24) is 10.6 Å². The summed E-state index contributed by atoms with van der Waals surface area (Å²) in [5.74, 6) is 1.80. The number of benzene rings is 7. The molecule has 1 aliphatic carbocycles. The normalized spacial score (nSPS) is 15.1. The van der Waals surface area contributed by atoms with Crippen LogP contribution in [-0.4, -0.2) is 12.8 Å². The first-order chi connectivity index (χ1) is 27.3. The molecule has 0 bridgehead atoms. The first-order valence-corrected chi connectivity index (χ1v) is 19.0. The van der Waals surface area contributed by atoms with Gasteiger partial charge in [0.15, 0.2) is 0 Å². The van der Waals surface area contributed by atoms with Crippen LogP contribution in [0.1, 0.15) is 45.1 Å². The molecule has 7 aromatic carbocycles. The van der Waals surface area contributed by atoms with Crippen LogP contribution >= 0.6 is 0 Å². The van der Waals surface area contributed by atoms with Crippen molar-refractivity contribution in [3.8, 4) is 33.8 Å². The fourth-order valence-electron chi connectivity index (χ4n) is 8.57. The van der Waals surface area contributed by atoms with E-state index in [2.05, 4.69) is 187 Å². The summed E-state index contributed by atoms with van der Waals surface area (Å²) in [6, 6.07) is 62.5. The average Bonchev–Trinajstić information content (AvgIpc) is 3.54. The highest BCUT2D eigenvalue weighted by Crippen LogP contribution is 2.61. The minimum Gasteiger partial charge on any atom is -0.457 e. The Bertz CT molecular complexity index is 2590. The van der Waals surface area contributed by atoms with Gasteiger partial charge in [-0.05, 0) is 80.4 Å². The molecule has 55 heavy (non-hydrogen) atoms. The van der Waals surface area contributed by atoms with Gasteiger partial charge in [-0.3, -0.25) is 10.3 Å². The van der Waals surface area contributed by atoms with Crippen molar-refractivity contribution in [3.63, 3.8) is 0 Å². The van der Waals surface area contributed by atoms with Crippen LogP contribution in [0, 0.1) is 0 Å². The third-order valence-corrected chi connectivity index (χ3v) is 11.1. The lowest BCUT2D eigenvalue weighted by atomic mass is 9.67. The fourth-order valence-corrected chi connectivity index (χ4v) is 8.57. The smallest absolute Gasteiger partial charge is 0.132 e. The van der Waals surface area contributed by atoms with Crippen molar-refractivity contribution in [2.45, 2.75) is 18.1 Å². The Hall–Kier alpha value is -6.75. The maximum atomic E-state index is 6.55. The third kappa shape index (κ3) is 5.79. The zero-order chi connectivity index (χ0) is 36.6. The highest BCUT2D eigenvalue weighted by molar-refractivity contribution is 5.93. The molecule has 0 fully saturated rings. The molecule has 0 aromatic heterocycles. The Kier molecular flexibility index (Phi) is 8.31. The Balaban J connectivity index is 1.00. The number of hydrogen-bond acceptors (Lipinski definition) is 4. The van der Waals surface area contributed by atoms with Gasteiger partial charge < -0.3 is 10.1 Å². The summed E-state index contributed by atoms with van der Waals surface area (Å²) < 4.78 is 6.55. The van der Waals surface area contributed by atoms with Gasteiger partial charge in [0, 0.05) is 41.7 Å². The Morgan fingerprint density at radius 2 is 1.25 bits per heavy atom. The Labute approximate surface area is 322 Å². The van der Waals surface area contributed by atoms with Crippen molar-refractivity contribution >= 4 is 11.8 Å². The lowest BCUT2D eigenvalue weighted by Gasteiger charge is -2.41. The maximum absolute atomic E-state index is 6.55. The minimum absolute atomic E-state index is 0.169. The summed E-state index contributed by atoms with van der Waals surface area (Å²) >= 11 is 0. The molecule has 2 N–H and O–H groups in total. The zero-order valence-electron chi connectivity index (χ0n) is 30.3. The topological polar surface area (TPSA) is 45.6 Å². The fraction of sp³-hybridized carbons (Fsp3) is 0.0784. The second-order valence-corrected chi connectivity index (χ2v) is 14.3. The number of hydrogen-bond donors (Lipinski definition) is 2. The van der Waals surface area contributed by atoms with Gasteiger partial charge >= 0.3 is 0 Å². The number of fused-ring (bicyclic) bond motifs is 8. The van der Waals surface area contributed by atoms with Gasteiger partial charge in [-0.15, -0.1) is 0 Å². The predicted octanol–water partition coefficient (Wildman–Crippen LogP) is 11.3. The number of dihydropyridines is 1. The quantitative estimate of drug-likeness (QED) is 0.154. The summed E-state index contributed by atoms with van der Waals surface area (Å²) in [6.07, 6.45) is 6.33. The molecular formula is C51H39N3O. The number of para-hydroxylation sites is 2. The first kappa shape index (κ1) is 32.9. The van der Waals surface area contributed by atoms with Crippen molar-refractivity contribution in [1.29, 1.82) is 0 Å². The summed E-state index contributed by atoms with van der Waals surface area (Å²) in [7, 11) is 0. The van der Waals surface area contributed by atoms with Crippen LogP contribution in [0.4, 0.5) is 0 Å². The van der Waals surface area contributed by atoms with E-state index in [9.17, 15) is 0 Å². The van der Waals surface area contributed by atoms with Crippen molar-refractivity contribution < 1.29 is 4.74 Å². The highest BCUT2D eigenvalue weighted by Gasteiger charge is 2.52. The van der Waals surface area contributed by atoms with Crippen LogP contribution in [-0.2, 0) is 12.0 Å². The van der Waals surface area contributed by atoms with Crippen LogP contribution in [0.3, 0.4) is 0 Å². The van der Waals surface area contributed by atoms with Crippen LogP contribution in [0.15, 0.2) is 199 Å². The molecule has 1 unspecified atom stereocenters. The molecule has 264 valence electrons. The summed E-state index contributed by atoms with van der Waals surface area (Å²) in [6.45, 7) is 1.52. The molecule has 0 radical (unpaired) electrons. The molecule has 1 atom stereocenters. The van der Waals surface area contributed by atoms with Crippen LogP contribution in [0.5, 0.6) is 11.5 Å². The SMILES string of the molecule is C1=CC2=C(NC1)C1(c3ccccc3Oc3ccccc31)c1cc(-c3cccc(-c4cccc(/C=N/C(NCc5ccccc5)c5ccccc5)c4)c3)ccc12. The lowest BCUT2D eigenvalue weighted by Crippen LogP contribution is -2.39. The Morgan fingerprint density at radius 3 is 2.00 bits per heavy atom. The van der Waals surface area contributed by atoms with Gasteiger partial charge in [0.05, 0.1) is 5.41 Å². The molecule has 2 aliphatic heterocycles. The molecule has 0 saturated carbocycles. The van der Waals surface area contributed by atoms with Crippen LogP contribution in [0.2, 0.25) is 0 Å². The maximum Gasteiger partial charge on any atom is 0.132 e. The van der Waals surface area contributed by atoms with Crippen LogP contribution in [0.25, 0.3) is 27.8 Å². The van der Waals surface area contributed by atoms with E-state index in [-0.39, 0.29) is 6.17 Å². The molecule has 0 amide bonds. The van der Waals surface area contributed by atoms with Crippen molar-refractivity contribution in [2.75, 3.05) is 6.54 Å². The van der Waals surface area contributed by atoms with E-state index in [1.54, 1.807) is 0 Å². The molecule has 2 heterocycles. The van der Waals surface area contributed by atoms with E-state index in [1.807, 2.05) is 18.3 Å². The van der Waals surface area contributed by atoms with Gasteiger partial charge in [-0.25, -0.2) is 0 Å². The minimum atomic E-state index is -0.518. The highest BCUT2D eigenvalue weighted by atomic mass is 16.5. The van der Waals surface area contributed by atoms with E-state index in [4.69, 9.17) is 9.73 Å². The largest absolute Gasteiger partial charge is 0.457 e. The summed E-state index contributed by atoms with van der Waals surface area (Å²) in [4.78, 5) is 5.06. The number of allylic oxidation sites excluding steroid dienone is 3. The first-order valence-electron chi connectivity index (χ1n) is 19.0. The molecule has 4 heteroatoms. The van der Waals surface area contributed by atoms with Crippen molar-refractivity contribution in [2.24, 2.45) is 4.99 Å². The zero-order valence-corrected chi connectivity index (χ0v) is 30.3. The Morgan fingerprint density at radius 1 is 0.618 bits per heavy atom. The predicted molar refractivity (Wildman–Crippen MR) is 224 cm³/mol. The van der Waals surface area contributed by atoms with Gasteiger partial charge in [-0.2, -0.15) is 0 Å². The van der Waals surface area contributed by atoms with Gasteiger partial charge in [0.25, 0.3) is 0 Å². The number of nitrogens with one attached hydrogen (secondary N) is 2. The number of ether oxygens (including phenoxy) is 1. The van der Waals surface area contributed by atoms with E-state index in [0.717, 1.165) is 58.0 Å². The van der Waals surface area contributed by atoms with Crippen molar-refractivity contribution in [3.05, 3.63) is 233 Å². The molecule has 0 saturated heterocycles. The van der Waals surface area contributed by atoms with E-state index >= 15 is 0 Å².